The Morgan fingerprint density at radius 3 is 2.33 bits per heavy atom. The lowest BCUT2D eigenvalue weighted by Gasteiger charge is -2.36. The average molecular weight is 456 g/mol. The molecule has 0 unspecified atom stereocenters. The van der Waals surface area contributed by atoms with E-state index in [1.807, 2.05) is 51.1 Å². The topological polar surface area (TPSA) is 92.1 Å². The van der Waals surface area contributed by atoms with Crippen LogP contribution < -0.4 is 5.32 Å². The van der Waals surface area contributed by atoms with Crippen LogP contribution in [-0.2, 0) is 16.1 Å². The number of rotatable bonds is 8. The first-order chi connectivity index (χ1) is 15.7. The van der Waals surface area contributed by atoms with Crippen LogP contribution in [0.3, 0.4) is 0 Å². The Bertz CT molecular complexity index is 913. The Hall–Kier alpha value is -3.13. The highest BCUT2D eigenvalue weighted by Crippen LogP contribution is 2.16. The van der Waals surface area contributed by atoms with E-state index < -0.39 is 11.5 Å². The molecule has 33 heavy (non-hydrogen) atoms. The normalized spacial score (nSPS) is 15.7. The zero-order valence-corrected chi connectivity index (χ0v) is 19.6. The Kier molecular flexibility index (Phi) is 8.27. The Morgan fingerprint density at radius 2 is 1.73 bits per heavy atom. The molecule has 2 aromatic rings. The number of carbonyl (C=O) groups excluding carboxylic acids is 3. The van der Waals surface area contributed by atoms with E-state index in [-0.39, 0.29) is 30.0 Å². The summed E-state index contributed by atoms with van der Waals surface area (Å²) in [5, 5.41) is 2.96. The first kappa shape index (κ1) is 24.5. The molecule has 2 amide bonds. The van der Waals surface area contributed by atoms with Crippen LogP contribution in [0.2, 0.25) is 0 Å². The van der Waals surface area contributed by atoms with E-state index in [0.717, 1.165) is 5.56 Å². The fourth-order valence-corrected chi connectivity index (χ4v) is 3.68. The van der Waals surface area contributed by atoms with Crippen molar-refractivity contribution in [1.29, 1.82) is 0 Å². The number of benzene rings is 1. The first-order valence-corrected chi connectivity index (χ1v) is 11.3. The molecule has 1 atom stereocenters. The quantitative estimate of drug-likeness (QED) is 0.614. The van der Waals surface area contributed by atoms with Gasteiger partial charge in [0.05, 0.1) is 12.2 Å². The largest absolute Gasteiger partial charge is 0.461 e. The standard InChI is InChI=1S/C25H33N3O5/c1-25(2,3)33-24(31)28-13-11-27(12-14-28)18-20(16-21(29)22-10-7-15-32-22)23(30)26-17-19-8-5-4-6-9-19/h4-10,15,20H,11-14,16-18H2,1-3H3,(H,26,30)/t20-/m0/s1. The molecule has 0 aliphatic carbocycles. The lowest BCUT2D eigenvalue weighted by molar-refractivity contribution is -0.126. The van der Waals surface area contributed by atoms with Crippen LogP contribution in [0.4, 0.5) is 4.79 Å². The molecule has 0 radical (unpaired) electrons. The molecule has 0 saturated carbocycles. The number of ether oxygens (including phenoxy) is 1. The van der Waals surface area contributed by atoms with E-state index in [0.29, 0.717) is 39.3 Å². The maximum atomic E-state index is 13.0. The summed E-state index contributed by atoms with van der Waals surface area (Å²) in [6, 6.07) is 12.9. The highest BCUT2D eigenvalue weighted by molar-refractivity contribution is 5.96. The second-order valence-corrected chi connectivity index (χ2v) is 9.27. The zero-order valence-electron chi connectivity index (χ0n) is 19.6. The van der Waals surface area contributed by atoms with Crippen molar-refractivity contribution in [3.8, 4) is 0 Å². The van der Waals surface area contributed by atoms with Crippen LogP contribution in [0.25, 0.3) is 0 Å². The third kappa shape index (κ3) is 7.75. The summed E-state index contributed by atoms with van der Waals surface area (Å²) in [6.45, 7) is 8.60. The zero-order chi connectivity index (χ0) is 23.8. The van der Waals surface area contributed by atoms with Gasteiger partial charge in [0.25, 0.3) is 0 Å². The van der Waals surface area contributed by atoms with Gasteiger partial charge in [-0.3, -0.25) is 14.5 Å². The van der Waals surface area contributed by atoms with Crippen LogP contribution in [0.5, 0.6) is 0 Å². The molecule has 1 fully saturated rings. The van der Waals surface area contributed by atoms with Gasteiger partial charge in [-0.1, -0.05) is 30.3 Å². The number of furan rings is 1. The van der Waals surface area contributed by atoms with Crippen LogP contribution in [-0.4, -0.2) is 65.9 Å². The molecule has 1 aromatic heterocycles. The number of hydrogen-bond donors (Lipinski definition) is 1. The number of carbonyl (C=O) groups is 3. The Morgan fingerprint density at radius 1 is 1.03 bits per heavy atom. The van der Waals surface area contributed by atoms with E-state index in [1.165, 1.54) is 6.26 Å². The van der Waals surface area contributed by atoms with E-state index in [9.17, 15) is 14.4 Å². The van der Waals surface area contributed by atoms with Gasteiger partial charge in [-0.15, -0.1) is 0 Å². The number of amides is 2. The Labute approximate surface area is 194 Å². The summed E-state index contributed by atoms with van der Waals surface area (Å²) in [5.41, 5.74) is 0.454. The number of Topliss-reactive ketones (excluding diaryl/α,β-unsaturated/α-hetero) is 1. The molecular weight excluding hydrogens is 422 g/mol. The summed E-state index contributed by atoms with van der Waals surface area (Å²) in [7, 11) is 0. The third-order valence-electron chi connectivity index (χ3n) is 5.41. The molecule has 8 nitrogen and oxygen atoms in total. The van der Waals surface area contributed by atoms with Gasteiger partial charge in [-0.25, -0.2) is 4.79 Å². The third-order valence-corrected chi connectivity index (χ3v) is 5.41. The van der Waals surface area contributed by atoms with Gasteiger partial charge >= 0.3 is 6.09 Å². The minimum Gasteiger partial charge on any atom is -0.461 e. The second kappa shape index (κ2) is 11.1. The number of nitrogens with one attached hydrogen (secondary N) is 1. The summed E-state index contributed by atoms with van der Waals surface area (Å²) < 4.78 is 10.7. The second-order valence-electron chi connectivity index (χ2n) is 9.27. The van der Waals surface area contributed by atoms with Crippen molar-refractivity contribution >= 4 is 17.8 Å². The number of piperazine rings is 1. The van der Waals surface area contributed by atoms with Gasteiger partial charge in [-0.2, -0.15) is 0 Å². The highest BCUT2D eigenvalue weighted by atomic mass is 16.6. The van der Waals surface area contributed by atoms with E-state index in [1.54, 1.807) is 17.0 Å². The fourth-order valence-electron chi connectivity index (χ4n) is 3.68. The van der Waals surface area contributed by atoms with Crippen LogP contribution in [0.15, 0.2) is 53.1 Å². The molecule has 0 bridgehead atoms. The molecule has 3 rings (SSSR count). The predicted octanol–water partition coefficient (Wildman–Crippen LogP) is 3.34. The van der Waals surface area contributed by atoms with E-state index in [2.05, 4.69) is 10.2 Å². The monoisotopic (exact) mass is 455 g/mol. The van der Waals surface area contributed by atoms with Crippen molar-refractivity contribution < 1.29 is 23.5 Å². The molecule has 2 heterocycles. The van der Waals surface area contributed by atoms with Crippen LogP contribution in [0.1, 0.15) is 43.3 Å². The van der Waals surface area contributed by atoms with Gasteiger partial charge in [-0.05, 0) is 38.5 Å². The van der Waals surface area contributed by atoms with Gasteiger partial charge in [0.1, 0.15) is 5.60 Å². The number of nitrogens with zero attached hydrogens (tertiary/aromatic N) is 2. The van der Waals surface area contributed by atoms with Gasteiger partial charge in [0, 0.05) is 45.7 Å². The number of ketones is 1. The summed E-state index contributed by atoms with van der Waals surface area (Å²) in [6.07, 6.45) is 1.18. The highest BCUT2D eigenvalue weighted by Gasteiger charge is 2.30. The minimum absolute atomic E-state index is 0.0560. The molecule has 1 aliphatic rings. The summed E-state index contributed by atoms with van der Waals surface area (Å²) >= 11 is 0. The molecule has 8 heteroatoms. The molecule has 0 spiro atoms. The maximum Gasteiger partial charge on any atom is 0.410 e. The van der Waals surface area contributed by atoms with Crippen LogP contribution >= 0.6 is 0 Å². The minimum atomic E-state index is -0.539. The van der Waals surface area contributed by atoms with Crippen molar-refractivity contribution in [2.45, 2.75) is 39.3 Å². The van der Waals surface area contributed by atoms with Gasteiger partial charge < -0.3 is 19.4 Å². The SMILES string of the molecule is CC(C)(C)OC(=O)N1CCN(C[C@H](CC(=O)c2ccco2)C(=O)NCc2ccccc2)CC1. The first-order valence-electron chi connectivity index (χ1n) is 11.3. The van der Waals surface area contributed by atoms with Crippen LogP contribution in [0, 0.1) is 5.92 Å². The van der Waals surface area contributed by atoms with Gasteiger partial charge in [0.15, 0.2) is 11.5 Å². The van der Waals surface area contributed by atoms with Crippen molar-refractivity contribution in [2.75, 3.05) is 32.7 Å². The summed E-state index contributed by atoms with van der Waals surface area (Å²) in [4.78, 5) is 41.8. The molecule has 1 saturated heterocycles. The lowest BCUT2D eigenvalue weighted by Crippen LogP contribution is -2.52. The van der Waals surface area contributed by atoms with Gasteiger partial charge in [0.2, 0.25) is 5.91 Å². The maximum absolute atomic E-state index is 13.0. The number of hydrogen-bond acceptors (Lipinski definition) is 6. The smallest absolute Gasteiger partial charge is 0.410 e. The lowest BCUT2D eigenvalue weighted by atomic mass is 9.99. The van der Waals surface area contributed by atoms with Crippen molar-refractivity contribution in [3.05, 3.63) is 60.1 Å². The molecule has 1 N–H and O–H groups in total. The van der Waals surface area contributed by atoms with E-state index in [4.69, 9.17) is 9.15 Å². The average Bonchev–Trinajstić information content (AvgIpc) is 3.32. The fraction of sp³-hybridized carbons (Fsp3) is 0.480. The predicted molar refractivity (Wildman–Crippen MR) is 124 cm³/mol. The molecule has 1 aromatic carbocycles. The molecule has 1 aliphatic heterocycles. The molecule has 178 valence electrons. The molecular formula is C25H33N3O5. The van der Waals surface area contributed by atoms with E-state index >= 15 is 0 Å². The van der Waals surface area contributed by atoms with Crippen molar-refractivity contribution in [3.63, 3.8) is 0 Å². The van der Waals surface area contributed by atoms with Crippen molar-refractivity contribution in [1.82, 2.24) is 15.1 Å². The summed E-state index contributed by atoms with van der Waals surface area (Å²) in [5.74, 6) is -0.648. The van der Waals surface area contributed by atoms with Crippen molar-refractivity contribution in [2.24, 2.45) is 5.92 Å². The Balaban J connectivity index is 1.58.